The van der Waals surface area contributed by atoms with Crippen LogP contribution in [0.3, 0.4) is 0 Å². The summed E-state index contributed by atoms with van der Waals surface area (Å²) in [5.74, 6) is 0. The van der Waals surface area contributed by atoms with E-state index in [-0.39, 0.29) is 4.87 Å². The molecule has 2 heteroatoms. The van der Waals surface area contributed by atoms with Gasteiger partial charge in [0.2, 0.25) is 0 Å². The molecule has 1 nitrogen and oxygen atoms in total. The molecule has 1 fully saturated rings. The molecule has 1 saturated heterocycles. The molecule has 0 amide bonds. The van der Waals surface area contributed by atoms with Crippen molar-refractivity contribution in [2.75, 3.05) is 6.54 Å². The zero-order valence-electron chi connectivity index (χ0n) is 8.79. The van der Waals surface area contributed by atoms with Crippen LogP contribution >= 0.6 is 11.8 Å². The molecule has 2 atom stereocenters. The number of benzene rings is 1. The summed E-state index contributed by atoms with van der Waals surface area (Å²) in [7, 11) is 0. The van der Waals surface area contributed by atoms with Gasteiger partial charge in [-0.1, -0.05) is 37.3 Å². The molecule has 1 aromatic rings. The van der Waals surface area contributed by atoms with Crippen molar-refractivity contribution in [2.45, 2.75) is 30.4 Å². The normalized spacial score (nSPS) is 32.0. The van der Waals surface area contributed by atoms with Crippen molar-refractivity contribution in [1.29, 1.82) is 0 Å². The van der Waals surface area contributed by atoms with Crippen molar-refractivity contribution in [3.8, 4) is 0 Å². The van der Waals surface area contributed by atoms with Gasteiger partial charge in [-0.15, -0.1) is 11.8 Å². The zero-order chi connectivity index (χ0) is 10.0. The summed E-state index contributed by atoms with van der Waals surface area (Å²) in [6, 6.07) is 10.7. The minimum absolute atomic E-state index is 0.237. The van der Waals surface area contributed by atoms with E-state index in [1.54, 1.807) is 0 Å². The lowest BCUT2D eigenvalue weighted by Gasteiger charge is -2.23. The SMILES string of the molecule is CC1CNC(C)(Cc2ccccc2)S1. The summed E-state index contributed by atoms with van der Waals surface area (Å²) >= 11 is 2.05. The third kappa shape index (κ3) is 2.31. The first-order valence-corrected chi connectivity index (χ1v) is 6.03. The van der Waals surface area contributed by atoms with Crippen LogP contribution in [0.25, 0.3) is 0 Å². The fraction of sp³-hybridized carbons (Fsp3) is 0.500. The van der Waals surface area contributed by atoms with E-state index in [0.717, 1.165) is 18.2 Å². The number of thioether (sulfide) groups is 1. The van der Waals surface area contributed by atoms with Crippen LogP contribution in [0.5, 0.6) is 0 Å². The first-order valence-electron chi connectivity index (χ1n) is 5.15. The lowest BCUT2D eigenvalue weighted by Crippen LogP contribution is -2.35. The maximum atomic E-state index is 3.59. The second kappa shape index (κ2) is 3.95. The van der Waals surface area contributed by atoms with E-state index in [1.165, 1.54) is 5.56 Å². The van der Waals surface area contributed by atoms with E-state index >= 15 is 0 Å². The Morgan fingerprint density at radius 2 is 2.14 bits per heavy atom. The second-order valence-electron chi connectivity index (χ2n) is 4.20. The smallest absolute Gasteiger partial charge is 0.0660 e. The predicted octanol–water partition coefficient (Wildman–Crippen LogP) is 2.67. The van der Waals surface area contributed by atoms with Crippen LogP contribution in [0, 0.1) is 0 Å². The third-order valence-corrected chi connectivity index (χ3v) is 3.99. The minimum Gasteiger partial charge on any atom is -0.302 e. The fourth-order valence-corrected chi connectivity index (χ4v) is 3.45. The summed E-state index contributed by atoms with van der Waals surface area (Å²) in [5, 5.41) is 4.33. The highest BCUT2D eigenvalue weighted by Gasteiger charge is 2.32. The van der Waals surface area contributed by atoms with Crippen LogP contribution < -0.4 is 5.32 Å². The fourth-order valence-electron chi connectivity index (χ4n) is 1.98. The highest BCUT2D eigenvalue weighted by Crippen LogP contribution is 2.34. The van der Waals surface area contributed by atoms with Crippen LogP contribution in [-0.4, -0.2) is 16.7 Å². The first kappa shape index (κ1) is 10.1. The molecule has 1 aromatic carbocycles. The van der Waals surface area contributed by atoms with E-state index in [4.69, 9.17) is 0 Å². The molecule has 0 aliphatic carbocycles. The number of hydrogen-bond acceptors (Lipinski definition) is 2. The molecule has 2 rings (SSSR count). The molecule has 1 aliphatic heterocycles. The Labute approximate surface area is 90.3 Å². The van der Waals surface area contributed by atoms with Gasteiger partial charge in [-0.3, -0.25) is 0 Å². The standard InChI is InChI=1S/C12H17NS/c1-10-9-13-12(2,14-10)8-11-6-4-3-5-7-11/h3-7,10,13H,8-9H2,1-2H3. The molecule has 76 valence electrons. The van der Waals surface area contributed by atoms with Gasteiger partial charge in [0.1, 0.15) is 0 Å². The molecule has 0 radical (unpaired) electrons. The molecule has 0 spiro atoms. The Balaban J connectivity index is 2.04. The highest BCUT2D eigenvalue weighted by molar-refractivity contribution is 8.01. The Morgan fingerprint density at radius 3 is 2.71 bits per heavy atom. The van der Waals surface area contributed by atoms with Crippen molar-refractivity contribution >= 4 is 11.8 Å². The molecule has 2 unspecified atom stereocenters. The van der Waals surface area contributed by atoms with Crippen LogP contribution in [0.15, 0.2) is 30.3 Å². The van der Waals surface area contributed by atoms with Gasteiger partial charge in [0.05, 0.1) is 4.87 Å². The average molecular weight is 207 g/mol. The monoisotopic (exact) mass is 207 g/mol. The molecule has 0 bridgehead atoms. The van der Waals surface area contributed by atoms with Gasteiger partial charge >= 0.3 is 0 Å². The molecule has 1 heterocycles. The van der Waals surface area contributed by atoms with Gasteiger partial charge in [-0.2, -0.15) is 0 Å². The maximum Gasteiger partial charge on any atom is 0.0660 e. The summed E-state index contributed by atoms with van der Waals surface area (Å²) in [4.78, 5) is 0.237. The molecule has 0 aromatic heterocycles. The molecular weight excluding hydrogens is 190 g/mol. The van der Waals surface area contributed by atoms with Crippen molar-refractivity contribution in [2.24, 2.45) is 0 Å². The lowest BCUT2D eigenvalue weighted by atomic mass is 10.1. The van der Waals surface area contributed by atoms with E-state index < -0.39 is 0 Å². The summed E-state index contributed by atoms with van der Waals surface area (Å²) < 4.78 is 0. The van der Waals surface area contributed by atoms with E-state index in [0.29, 0.717) is 0 Å². The molecular formula is C12H17NS. The summed E-state index contributed by atoms with van der Waals surface area (Å²) in [6.45, 7) is 5.72. The number of rotatable bonds is 2. The summed E-state index contributed by atoms with van der Waals surface area (Å²) in [5.41, 5.74) is 1.42. The van der Waals surface area contributed by atoms with Crippen LogP contribution in [0.2, 0.25) is 0 Å². The average Bonchev–Trinajstić information content (AvgIpc) is 2.47. The third-order valence-electron chi connectivity index (χ3n) is 2.61. The van der Waals surface area contributed by atoms with E-state index in [1.807, 2.05) is 0 Å². The van der Waals surface area contributed by atoms with Gasteiger partial charge in [-0.05, 0) is 18.9 Å². The second-order valence-corrected chi connectivity index (χ2v) is 6.14. The van der Waals surface area contributed by atoms with E-state index in [2.05, 4.69) is 61.3 Å². The van der Waals surface area contributed by atoms with E-state index in [9.17, 15) is 0 Å². The molecule has 1 aliphatic rings. The number of nitrogens with one attached hydrogen (secondary N) is 1. The largest absolute Gasteiger partial charge is 0.302 e. The molecule has 14 heavy (non-hydrogen) atoms. The Kier molecular flexibility index (Phi) is 2.84. The van der Waals surface area contributed by atoms with Gasteiger partial charge in [0.25, 0.3) is 0 Å². The van der Waals surface area contributed by atoms with Crippen molar-refractivity contribution in [3.63, 3.8) is 0 Å². The van der Waals surface area contributed by atoms with Crippen molar-refractivity contribution < 1.29 is 0 Å². The van der Waals surface area contributed by atoms with Crippen molar-refractivity contribution in [3.05, 3.63) is 35.9 Å². The highest BCUT2D eigenvalue weighted by atomic mass is 32.2. The zero-order valence-corrected chi connectivity index (χ0v) is 9.60. The maximum absolute atomic E-state index is 3.59. The Hall–Kier alpha value is -0.470. The van der Waals surface area contributed by atoms with Crippen LogP contribution in [0.1, 0.15) is 19.4 Å². The van der Waals surface area contributed by atoms with Gasteiger partial charge in [-0.25, -0.2) is 0 Å². The van der Waals surface area contributed by atoms with Crippen molar-refractivity contribution in [1.82, 2.24) is 5.32 Å². The van der Waals surface area contributed by atoms with Gasteiger partial charge < -0.3 is 5.32 Å². The quantitative estimate of drug-likeness (QED) is 0.800. The summed E-state index contributed by atoms with van der Waals surface area (Å²) in [6.07, 6.45) is 1.11. The first-order chi connectivity index (χ1) is 6.68. The van der Waals surface area contributed by atoms with Crippen LogP contribution in [-0.2, 0) is 6.42 Å². The Morgan fingerprint density at radius 1 is 1.43 bits per heavy atom. The predicted molar refractivity (Wildman–Crippen MR) is 63.6 cm³/mol. The lowest BCUT2D eigenvalue weighted by molar-refractivity contribution is 0.534. The Bertz CT molecular complexity index is 298. The van der Waals surface area contributed by atoms with Gasteiger partial charge in [0, 0.05) is 11.8 Å². The number of hydrogen-bond donors (Lipinski definition) is 1. The molecule has 1 N–H and O–H groups in total. The topological polar surface area (TPSA) is 12.0 Å². The minimum atomic E-state index is 0.237. The molecule has 0 saturated carbocycles. The van der Waals surface area contributed by atoms with Crippen LogP contribution in [0.4, 0.5) is 0 Å². The van der Waals surface area contributed by atoms with Gasteiger partial charge in [0.15, 0.2) is 0 Å².